The lowest BCUT2D eigenvalue weighted by atomic mass is 10.1. The molecule has 0 aliphatic carbocycles. The van der Waals surface area contributed by atoms with Gasteiger partial charge in [0.15, 0.2) is 0 Å². The molecule has 3 aromatic rings. The Morgan fingerprint density at radius 2 is 1.96 bits per heavy atom. The monoisotopic (exact) mass is 327 g/mol. The Morgan fingerprint density at radius 3 is 2.70 bits per heavy atom. The quantitative estimate of drug-likeness (QED) is 0.581. The van der Waals surface area contributed by atoms with E-state index in [9.17, 15) is 14.9 Å². The van der Waals surface area contributed by atoms with E-state index in [1.165, 1.54) is 12.1 Å². The summed E-state index contributed by atoms with van der Waals surface area (Å²) in [6.07, 6.45) is 1.64. The van der Waals surface area contributed by atoms with Crippen LogP contribution in [0.1, 0.15) is 10.4 Å². The molecule has 1 N–H and O–H groups in total. The summed E-state index contributed by atoms with van der Waals surface area (Å²) in [4.78, 5) is 26.8. The second kappa shape index (κ2) is 6.02. The van der Waals surface area contributed by atoms with Gasteiger partial charge in [-0.1, -0.05) is 29.8 Å². The maximum atomic E-state index is 12.4. The standard InChI is InChI=1S/C16H10ClN3O3/c17-13-9-11(20(22)23)6-7-12(13)16(21)19-14-5-1-3-10-4-2-8-18-15(10)14/h1-9H,(H,19,21). The summed E-state index contributed by atoms with van der Waals surface area (Å²) >= 11 is 5.97. The fourth-order valence-electron chi connectivity index (χ4n) is 2.20. The number of fused-ring (bicyclic) bond motifs is 1. The van der Waals surface area contributed by atoms with Crippen molar-refractivity contribution in [1.29, 1.82) is 0 Å². The van der Waals surface area contributed by atoms with Crippen LogP contribution < -0.4 is 5.32 Å². The Labute approximate surface area is 135 Å². The van der Waals surface area contributed by atoms with Crippen LogP contribution in [0.15, 0.2) is 54.7 Å². The van der Waals surface area contributed by atoms with Crippen molar-refractivity contribution in [3.63, 3.8) is 0 Å². The van der Waals surface area contributed by atoms with E-state index in [1.54, 1.807) is 24.4 Å². The Bertz CT molecular complexity index is 922. The number of aromatic nitrogens is 1. The summed E-state index contributed by atoms with van der Waals surface area (Å²) in [5.74, 6) is -0.456. The molecule has 0 unspecified atom stereocenters. The molecule has 0 fully saturated rings. The number of benzene rings is 2. The Balaban J connectivity index is 1.94. The van der Waals surface area contributed by atoms with Crippen molar-refractivity contribution < 1.29 is 9.72 Å². The van der Waals surface area contributed by atoms with Crippen LogP contribution in [0.2, 0.25) is 5.02 Å². The number of anilines is 1. The number of nitro benzene ring substituents is 1. The van der Waals surface area contributed by atoms with Crippen LogP contribution in [-0.4, -0.2) is 15.8 Å². The summed E-state index contributed by atoms with van der Waals surface area (Å²) in [5, 5.41) is 14.4. The maximum Gasteiger partial charge on any atom is 0.270 e. The first-order chi connectivity index (χ1) is 11.1. The fourth-order valence-corrected chi connectivity index (χ4v) is 2.46. The number of hydrogen-bond acceptors (Lipinski definition) is 4. The molecule has 0 aliphatic heterocycles. The number of nitro groups is 1. The molecule has 0 bridgehead atoms. The maximum absolute atomic E-state index is 12.4. The number of hydrogen-bond donors (Lipinski definition) is 1. The van der Waals surface area contributed by atoms with Gasteiger partial charge in [0.05, 0.1) is 26.7 Å². The third kappa shape index (κ3) is 2.97. The van der Waals surface area contributed by atoms with Crippen LogP contribution in [0.25, 0.3) is 10.9 Å². The van der Waals surface area contributed by atoms with E-state index >= 15 is 0 Å². The number of non-ortho nitro benzene ring substituents is 1. The molecule has 7 heteroatoms. The summed E-state index contributed by atoms with van der Waals surface area (Å²) in [7, 11) is 0. The highest BCUT2D eigenvalue weighted by molar-refractivity contribution is 6.34. The van der Waals surface area contributed by atoms with Crippen LogP contribution in [-0.2, 0) is 0 Å². The summed E-state index contributed by atoms with van der Waals surface area (Å²) in [6.45, 7) is 0. The van der Waals surface area contributed by atoms with Crippen molar-refractivity contribution in [2.75, 3.05) is 5.32 Å². The van der Waals surface area contributed by atoms with E-state index in [-0.39, 0.29) is 16.3 Å². The highest BCUT2D eigenvalue weighted by atomic mass is 35.5. The molecular weight excluding hydrogens is 318 g/mol. The number of carbonyl (C=O) groups is 1. The van der Waals surface area contributed by atoms with Gasteiger partial charge in [-0.05, 0) is 18.2 Å². The van der Waals surface area contributed by atoms with Crippen LogP contribution in [0.3, 0.4) is 0 Å². The number of rotatable bonds is 3. The average molecular weight is 328 g/mol. The van der Waals surface area contributed by atoms with E-state index in [0.29, 0.717) is 11.2 Å². The largest absolute Gasteiger partial charge is 0.320 e. The van der Waals surface area contributed by atoms with Gasteiger partial charge in [0.1, 0.15) is 0 Å². The first-order valence-corrected chi connectivity index (χ1v) is 7.03. The SMILES string of the molecule is O=C(Nc1cccc2cccnc12)c1ccc([N+](=O)[O-])cc1Cl. The lowest BCUT2D eigenvalue weighted by Crippen LogP contribution is -2.13. The van der Waals surface area contributed by atoms with Gasteiger partial charge in [0, 0.05) is 23.7 Å². The summed E-state index contributed by atoms with van der Waals surface area (Å²) in [6, 6.07) is 12.8. The number of nitrogens with zero attached hydrogens (tertiary/aromatic N) is 2. The summed E-state index contributed by atoms with van der Waals surface area (Å²) < 4.78 is 0. The molecule has 1 heterocycles. The molecule has 0 saturated carbocycles. The predicted octanol–water partition coefficient (Wildman–Crippen LogP) is 4.05. The first-order valence-electron chi connectivity index (χ1n) is 6.65. The smallest absolute Gasteiger partial charge is 0.270 e. The Kier molecular flexibility index (Phi) is 3.91. The van der Waals surface area contributed by atoms with Gasteiger partial charge in [-0.2, -0.15) is 0 Å². The van der Waals surface area contributed by atoms with E-state index in [2.05, 4.69) is 10.3 Å². The number of carbonyl (C=O) groups excluding carboxylic acids is 1. The molecule has 2 aromatic carbocycles. The van der Waals surface area contributed by atoms with E-state index in [1.807, 2.05) is 12.1 Å². The molecule has 6 nitrogen and oxygen atoms in total. The number of halogens is 1. The van der Waals surface area contributed by atoms with Gasteiger partial charge in [-0.15, -0.1) is 0 Å². The zero-order valence-corrected chi connectivity index (χ0v) is 12.4. The normalized spacial score (nSPS) is 10.5. The number of pyridine rings is 1. The molecule has 0 spiro atoms. The van der Waals surface area contributed by atoms with Crippen molar-refractivity contribution in [2.24, 2.45) is 0 Å². The zero-order chi connectivity index (χ0) is 16.4. The van der Waals surface area contributed by atoms with Crippen molar-refractivity contribution >= 4 is 39.8 Å². The third-order valence-corrected chi connectivity index (χ3v) is 3.60. The third-order valence-electron chi connectivity index (χ3n) is 3.29. The number of amides is 1. The second-order valence-electron chi connectivity index (χ2n) is 4.76. The van der Waals surface area contributed by atoms with E-state index in [4.69, 9.17) is 11.6 Å². The van der Waals surface area contributed by atoms with Gasteiger partial charge in [0.2, 0.25) is 0 Å². The van der Waals surface area contributed by atoms with Gasteiger partial charge in [-0.3, -0.25) is 19.9 Å². The van der Waals surface area contributed by atoms with Crippen LogP contribution in [0.5, 0.6) is 0 Å². The van der Waals surface area contributed by atoms with Crippen molar-refractivity contribution in [3.8, 4) is 0 Å². The lowest BCUT2D eigenvalue weighted by molar-refractivity contribution is -0.384. The second-order valence-corrected chi connectivity index (χ2v) is 5.16. The molecule has 3 rings (SSSR count). The molecule has 0 atom stereocenters. The highest BCUT2D eigenvalue weighted by Gasteiger charge is 2.16. The number of nitrogens with one attached hydrogen (secondary N) is 1. The Hall–Kier alpha value is -2.99. The highest BCUT2D eigenvalue weighted by Crippen LogP contribution is 2.25. The van der Waals surface area contributed by atoms with E-state index in [0.717, 1.165) is 11.5 Å². The summed E-state index contributed by atoms with van der Waals surface area (Å²) in [5.41, 5.74) is 1.19. The molecular formula is C16H10ClN3O3. The lowest BCUT2D eigenvalue weighted by Gasteiger charge is -2.09. The van der Waals surface area contributed by atoms with Crippen LogP contribution in [0, 0.1) is 10.1 Å². The fraction of sp³-hybridized carbons (Fsp3) is 0. The van der Waals surface area contributed by atoms with Crippen LogP contribution >= 0.6 is 11.6 Å². The van der Waals surface area contributed by atoms with Gasteiger partial charge in [0.25, 0.3) is 11.6 Å². The molecule has 1 aromatic heterocycles. The molecule has 114 valence electrons. The number of para-hydroxylation sites is 1. The Morgan fingerprint density at radius 1 is 1.17 bits per heavy atom. The molecule has 0 radical (unpaired) electrons. The van der Waals surface area contributed by atoms with Crippen LogP contribution in [0.4, 0.5) is 11.4 Å². The van der Waals surface area contributed by atoms with Crippen molar-refractivity contribution in [1.82, 2.24) is 4.98 Å². The average Bonchev–Trinajstić information content (AvgIpc) is 2.55. The molecule has 0 saturated heterocycles. The minimum absolute atomic E-state index is 0.0184. The molecule has 23 heavy (non-hydrogen) atoms. The first kappa shape index (κ1) is 14.9. The van der Waals surface area contributed by atoms with Gasteiger partial charge >= 0.3 is 0 Å². The van der Waals surface area contributed by atoms with E-state index < -0.39 is 10.8 Å². The van der Waals surface area contributed by atoms with Crippen molar-refractivity contribution in [3.05, 3.63) is 75.4 Å². The predicted molar refractivity (Wildman–Crippen MR) is 87.8 cm³/mol. The zero-order valence-electron chi connectivity index (χ0n) is 11.7. The van der Waals surface area contributed by atoms with Gasteiger partial charge in [-0.25, -0.2) is 0 Å². The topological polar surface area (TPSA) is 85.1 Å². The van der Waals surface area contributed by atoms with Gasteiger partial charge < -0.3 is 5.32 Å². The minimum atomic E-state index is -0.567. The molecule has 0 aliphatic rings. The van der Waals surface area contributed by atoms with Crippen molar-refractivity contribution in [2.45, 2.75) is 0 Å². The molecule has 1 amide bonds. The minimum Gasteiger partial charge on any atom is -0.320 e.